The van der Waals surface area contributed by atoms with Crippen LogP contribution in [0.15, 0.2) is 24.3 Å². The first kappa shape index (κ1) is 18.1. The summed E-state index contributed by atoms with van der Waals surface area (Å²) in [6.07, 6.45) is -0.324. The molecular formula is C17H21FN2O4. The van der Waals surface area contributed by atoms with E-state index in [1.54, 1.807) is 6.07 Å². The molecule has 0 saturated heterocycles. The third-order valence-corrected chi connectivity index (χ3v) is 4.56. The summed E-state index contributed by atoms with van der Waals surface area (Å²) in [6.45, 7) is 1.39. The number of nitrogens with one attached hydrogen (secondary N) is 2. The molecule has 3 N–H and O–H groups in total. The molecule has 1 aromatic rings. The Morgan fingerprint density at radius 1 is 1.25 bits per heavy atom. The number of Topliss-reactive ketones (excluding diaryl/α,β-unsaturated/α-hetero) is 1. The van der Waals surface area contributed by atoms with Crippen molar-refractivity contribution in [1.29, 1.82) is 0 Å². The van der Waals surface area contributed by atoms with Gasteiger partial charge in [0, 0.05) is 26.4 Å². The Kier molecular flexibility index (Phi) is 5.03. The molecule has 1 fully saturated rings. The first-order valence-electron chi connectivity index (χ1n) is 7.66. The van der Waals surface area contributed by atoms with Crippen LogP contribution >= 0.6 is 0 Å². The molecule has 0 aromatic heterocycles. The van der Waals surface area contributed by atoms with E-state index in [-0.39, 0.29) is 6.42 Å². The molecule has 0 spiro atoms. The minimum absolute atomic E-state index is 0.324. The third kappa shape index (κ3) is 3.17. The van der Waals surface area contributed by atoms with Gasteiger partial charge in [-0.25, -0.2) is 4.39 Å². The third-order valence-electron chi connectivity index (χ3n) is 4.56. The van der Waals surface area contributed by atoms with Crippen molar-refractivity contribution in [2.75, 3.05) is 14.1 Å². The summed E-state index contributed by atoms with van der Waals surface area (Å²) in [5, 5.41) is 15.6. The van der Waals surface area contributed by atoms with Crippen LogP contribution in [0, 0.1) is 17.7 Å². The zero-order chi connectivity index (χ0) is 18.1. The molecule has 1 aliphatic carbocycles. The van der Waals surface area contributed by atoms with Crippen LogP contribution in [0.1, 0.15) is 24.8 Å². The number of carbonyl (C=O) groups is 3. The van der Waals surface area contributed by atoms with Crippen molar-refractivity contribution in [3.63, 3.8) is 0 Å². The highest BCUT2D eigenvalue weighted by Crippen LogP contribution is 2.45. The number of hydrogen-bond acceptors (Lipinski definition) is 4. The molecule has 0 radical (unpaired) electrons. The SMILES string of the molecule is CNC(=O)C1C(=O)CC(C)(O)C(C(=O)NC)C1c1cccc(F)c1. The number of ketones is 1. The van der Waals surface area contributed by atoms with Crippen molar-refractivity contribution in [2.24, 2.45) is 11.8 Å². The van der Waals surface area contributed by atoms with Crippen LogP contribution in [-0.2, 0) is 14.4 Å². The van der Waals surface area contributed by atoms with Gasteiger partial charge in [-0.05, 0) is 24.6 Å². The van der Waals surface area contributed by atoms with Gasteiger partial charge in [-0.1, -0.05) is 12.1 Å². The zero-order valence-corrected chi connectivity index (χ0v) is 13.8. The lowest BCUT2D eigenvalue weighted by Gasteiger charge is -2.44. The van der Waals surface area contributed by atoms with Crippen molar-refractivity contribution < 1.29 is 23.9 Å². The molecule has 1 aromatic carbocycles. The highest BCUT2D eigenvalue weighted by molar-refractivity contribution is 6.05. The smallest absolute Gasteiger partial charge is 0.230 e. The van der Waals surface area contributed by atoms with Gasteiger partial charge in [0.25, 0.3) is 0 Å². The average Bonchev–Trinajstić information content (AvgIpc) is 2.52. The first-order chi connectivity index (χ1) is 11.2. The molecule has 2 amide bonds. The summed E-state index contributed by atoms with van der Waals surface area (Å²) in [7, 11) is 2.80. The molecule has 1 aliphatic rings. The largest absolute Gasteiger partial charge is 0.389 e. The monoisotopic (exact) mass is 336 g/mol. The number of amides is 2. The van der Waals surface area contributed by atoms with E-state index in [2.05, 4.69) is 10.6 Å². The maximum Gasteiger partial charge on any atom is 0.230 e. The van der Waals surface area contributed by atoms with Crippen LogP contribution in [0.2, 0.25) is 0 Å². The normalized spacial score (nSPS) is 29.9. The Labute approximate surface area is 139 Å². The Morgan fingerprint density at radius 3 is 2.42 bits per heavy atom. The lowest BCUT2D eigenvalue weighted by atomic mass is 9.61. The molecule has 4 unspecified atom stereocenters. The molecule has 6 nitrogen and oxygen atoms in total. The maximum absolute atomic E-state index is 13.7. The Balaban J connectivity index is 2.65. The Bertz CT molecular complexity index is 674. The van der Waals surface area contributed by atoms with E-state index in [1.165, 1.54) is 39.2 Å². The summed E-state index contributed by atoms with van der Waals surface area (Å²) in [6, 6.07) is 5.41. The molecule has 24 heavy (non-hydrogen) atoms. The number of halogens is 1. The van der Waals surface area contributed by atoms with Crippen LogP contribution in [0.4, 0.5) is 4.39 Å². The van der Waals surface area contributed by atoms with Crippen molar-refractivity contribution in [3.05, 3.63) is 35.6 Å². The van der Waals surface area contributed by atoms with Gasteiger partial charge in [0.1, 0.15) is 17.5 Å². The molecule has 7 heteroatoms. The van der Waals surface area contributed by atoms with Gasteiger partial charge in [-0.15, -0.1) is 0 Å². The van der Waals surface area contributed by atoms with Gasteiger partial charge in [-0.2, -0.15) is 0 Å². The standard InChI is InChI=1S/C17H21FN2O4/c1-17(24)8-11(21)13(15(22)19-2)12(14(17)16(23)20-3)9-5-4-6-10(18)7-9/h4-7,12-14,24H,8H2,1-3H3,(H,19,22)(H,20,23). The summed E-state index contributed by atoms with van der Waals surface area (Å²) in [5.74, 6) is -5.28. The molecule has 0 bridgehead atoms. The second kappa shape index (κ2) is 6.68. The molecule has 1 saturated carbocycles. The number of carbonyl (C=O) groups excluding carboxylic acids is 3. The second-order valence-corrected chi connectivity index (χ2v) is 6.26. The number of benzene rings is 1. The molecule has 0 heterocycles. The predicted molar refractivity (Wildman–Crippen MR) is 84.5 cm³/mol. The van der Waals surface area contributed by atoms with Crippen LogP contribution in [-0.4, -0.2) is 42.4 Å². The first-order valence-corrected chi connectivity index (χ1v) is 7.66. The van der Waals surface area contributed by atoms with E-state index in [9.17, 15) is 23.9 Å². The van der Waals surface area contributed by atoms with Crippen LogP contribution in [0.5, 0.6) is 0 Å². The van der Waals surface area contributed by atoms with Gasteiger partial charge in [0.2, 0.25) is 11.8 Å². The fraction of sp³-hybridized carbons (Fsp3) is 0.471. The average molecular weight is 336 g/mol. The molecule has 130 valence electrons. The van der Waals surface area contributed by atoms with Crippen molar-refractivity contribution in [3.8, 4) is 0 Å². The number of hydrogen-bond donors (Lipinski definition) is 3. The van der Waals surface area contributed by atoms with Crippen molar-refractivity contribution in [1.82, 2.24) is 10.6 Å². The summed E-state index contributed by atoms with van der Waals surface area (Å²) in [5.41, 5.74) is -1.32. The zero-order valence-electron chi connectivity index (χ0n) is 13.8. The van der Waals surface area contributed by atoms with Gasteiger partial charge in [0.15, 0.2) is 0 Å². The Morgan fingerprint density at radius 2 is 1.88 bits per heavy atom. The predicted octanol–water partition coefficient (Wildman–Crippen LogP) is 0.357. The summed E-state index contributed by atoms with van der Waals surface area (Å²) in [4.78, 5) is 37.2. The van der Waals surface area contributed by atoms with Crippen LogP contribution in [0.3, 0.4) is 0 Å². The lowest BCUT2D eigenvalue weighted by Crippen LogP contribution is -2.57. The fourth-order valence-corrected chi connectivity index (χ4v) is 3.52. The topological polar surface area (TPSA) is 95.5 Å². The van der Waals surface area contributed by atoms with E-state index >= 15 is 0 Å². The van der Waals surface area contributed by atoms with E-state index < -0.39 is 46.8 Å². The van der Waals surface area contributed by atoms with Crippen LogP contribution in [0.25, 0.3) is 0 Å². The van der Waals surface area contributed by atoms with Gasteiger partial charge < -0.3 is 15.7 Å². The molecular weight excluding hydrogens is 315 g/mol. The van der Waals surface area contributed by atoms with Crippen molar-refractivity contribution >= 4 is 17.6 Å². The van der Waals surface area contributed by atoms with Gasteiger partial charge in [0.05, 0.1) is 11.5 Å². The summed E-state index contributed by atoms with van der Waals surface area (Å²) >= 11 is 0. The molecule has 4 atom stereocenters. The van der Waals surface area contributed by atoms with E-state index in [0.717, 1.165) is 0 Å². The lowest BCUT2D eigenvalue weighted by molar-refractivity contribution is -0.154. The highest BCUT2D eigenvalue weighted by Gasteiger charge is 2.55. The van der Waals surface area contributed by atoms with Crippen molar-refractivity contribution in [2.45, 2.75) is 24.9 Å². The van der Waals surface area contributed by atoms with E-state index in [1.807, 2.05) is 0 Å². The van der Waals surface area contributed by atoms with Crippen LogP contribution < -0.4 is 10.6 Å². The second-order valence-electron chi connectivity index (χ2n) is 6.26. The minimum Gasteiger partial charge on any atom is -0.389 e. The summed E-state index contributed by atoms with van der Waals surface area (Å²) < 4.78 is 13.7. The highest BCUT2D eigenvalue weighted by atomic mass is 19.1. The van der Waals surface area contributed by atoms with Gasteiger partial charge >= 0.3 is 0 Å². The molecule has 2 rings (SSSR count). The maximum atomic E-state index is 13.7. The minimum atomic E-state index is -1.64. The molecule has 0 aliphatic heterocycles. The quantitative estimate of drug-likeness (QED) is 0.695. The number of rotatable bonds is 3. The van der Waals surface area contributed by atoms with Gasteiger partial charge in [-0.3, -0.25) is 14.4 Å². The van der Waals surface area contributed by atoms with E-state index in [4.69, 9.17) is 0 Å². The number of aliphatic hydroxyl groups is 1. The van der Waals surface area contributed by atoms with E-state index in [0.29, 0.717) is 5.56 Å². The fourth-order valence-electron chi connectivity index (χ4n) is 3.52. The Hall–Kier alpha value is -2.28.